The monoisotopic (exact) mass is 442 g/mol. The molecule has 0 aromatic rings. The number of ether oxygens (including phenoxy) is 1. The van der Waals surface area contributed by atoms with Crippen LogP contribution in [0.15, 0.2) is 0 Å². The first-order valence-electron chi connectivity index (χ1n) is 11.4. The number of carbonyl (C=O) groups is 3. The lowest BCUT2D eigenvalue weighted by atomic mass is 9.55. The minimum Gasteiger partial charge on any atom is -0.370 e. The molecule has 4 saturated carbocycles. The Morgan fingerprint density at radius 1 is 1.16 bits per heavy atom. The van der Waals surface area contributed by atoms with E-state index in [0.717, 1.165) is 0 Å². The Kier molecular flexibility index (Phi) is 6.47. The van der Waals surface area contributed by atoms with Gasteiger partial charge >= 0.3 is 0 Å². The molecule has 2 bridgehead atoms. The molecule has 0 spiro atoms. The third kappa shape index (κ3) is 4.83. The zero-order valence-corrected chi connectivity index (χ0v) is 18.0. The second kappa shape index (κ2) is 8.83. The van der Waals surface area contributed by atoms with Gasteiger partial charge in [-0.3, -0.25) is 19.2 Å². The van der Waals surface area contributed by atoms with Crippen molar-refractivity contribution in [1.29, 1.82) is 0 Å². The zero-order valence-electron chi connectivity index (χ0n) is 18.0. The Hall–Kier alpha value is -1.45. The number of fused-ring (bicyclic) bond motifs is 3. The molecule has 4 aliphatic carbocycles. The number of hydrogen-bond acceptors (Lipinski definition) is 6. The number of ketones is 2. The van der Waals surface area contributed by atoms with Crippen LogP contribution >= 0.6 is 0 Å². The average Bonchev–Trinajstić information content (AvgIpc) is 3.17. The maximum atomic E-state index is 13.5. The van der Waals surface area contributed by atoms with E-state index >= 15 is 0 Å². The highest BCUT2D eigenvalue weighted by Crippen LogP contribution is 2.52. The summed E-state index contributed by atoms with van der Waals surface area (Å²) in [5.41, 5.74) is 1.55. The predicted molar refractivity (Wildman–Crippen MR) is 106 cm³/mol. The number of hydrogen-bond donors (Lipinski definition) is 2. The summed E-state index contributed by atoms with van der Waals surface area (Å²) < 4.78 is 32.3. The highest BCUT2D eigenvalue weighted by molar-refractivity contribution is 5.94. The van der Waals surface area contributed by atoms with Crippen molar-refractivity contribution in [2.24, 2.45) is 5.41 Å². The van der Waals surface area contributed by atoms with Gasteiger partial charge in [-0.25, -0.2) is 8.78 Å². The van der Waals surface area contributed by atoms with Gasteiger partial charge in [0.1, 0.15) is 24.7 Å². The standard InChI is InChI=1S/C22H32F2N2O5/c1-13-8-18(31-26-13)20(29)25-22-6-4-21(5-7-22,19(28)11-22)10-14(27)12-30-15-2-3-16(23)17(24)9-15/h13,15-18,26H,2-12H2,1H3,(H,25,29). The number of rotatable bonds is 7. The summed E-state index contributed by atoms with van der Waals surface area (Å²) in [6.07, 6.45) is -0.168. The Morgan fingerprint density at radius 2 is 1.90 bits per heavy atom. The van der Waals surface area contributed by atoms with Gasteiger partial charge in [-0.15, -0.1) is 0 Å². The summed E-state index contributed by atoms with van der Waals surface area (Å²) in [5, 5.41) is 3.06. The summed E-state index contributed by atoms with van der Waals surface area (Å²) in [5.74, 6) is -0.360. The van der Waals surface area contributed by atoms with Crippen LogP contribution in [-0.2, 0) is 24.0 Å². The first kappa shape index (κ1) is 22.7. The molecule has 1 heterocycles. The van der Waals surface area contributed by atoms with Crippen LogP contribution in [-0.4, -0.2) is 60.2 Å². The number of halogens is 2. The average molecular weight is 443 g/mol. The molecule has 174 valence electrons. The summed E-state index contributed by atoms with van der Waals surface area (Å²) in [6.45, 7) is 1.77. The highest BCUT2D eigenvalue weighted by Gasteiger charge is 2.55. The van der Waals surface area contributed by atoms with Gasteiger partial charge in [-0.1, -0.05) is 0 Å². The number of amides is 1. The van der Waals surface area contributed by atoms with E-state index in [1.807, 2.05) is 6.92 Å². The quantitative estimate of drug-likeness (QED) is 0.628. The van der Waals surface area contributed by atoms with Crippen molar-refractivity contribution in [2.75, 3.05) is 6.61 Å². The number of hydroxylamine groups is 1. The topological polar surface area (TPSA) is 93.7 Å². The summed E-state index contributed by atoms with van der Waals surface area (Å²) in [7, 11) is 0. The molecule has 9 heteroatoms. The minimum absolute atomic E-state index is 0.0132. The normalized spacial score (nSPS) is 42.5. The van der Waals surface area contributed by atoms with Gasteiger partial charge in [0.05, 0.1) is 6.10 Å². The first-order valence-corrected chi connectivity index (χ1v) is 11.4. The lowest BCUT2D eigenvalue weighted by Crippen LogP contribution is -2.62. The van der Waals surface area contributed by atoms with Crippen molar-refractivity contribution in [3.05, 3.63) is 0 Å². The lowest BCUT2D eigenvalue weighted by Gasteiger charge is -2.52. The molecular weight excluding hydrogens is 410 g/mol. The van der Waals surface area contributed by atoms with E-state index in [9.17, 15) is 23.2 Å². The predicted octanol–water partition coefficient (Wildman–Crippen LogP) is 2.26. The second-order valence-electron chi connectivity index (χ2n) is 10.0. The maximum absolute atomic E-state index is 13.5. The summed E-state index contributed by atoms with van der Waals surface area (Å²) in [4.78, 5) is 43.4. The number of carbonyl (C=O) groups excluding carboxylic acids is 3. The molecule has 5 fully saturated rings. The van der Waals surface area contributed by atoms with Crippen LogP contribution in [0.3, 0.4) is 0 Å². The summed E-state index contributed by atoms with van der Waals surface area (Å²) >= 11 is 0. The van der Waals surface area contributed by atoms with Crippen LogP contribution in [0.4, 0.5) is 8.78 Å². The molecule has 5 rings (SSSR count). The Bertz CT molecular complexity index is 725. The van der Waals surface area contributed by atoms with Crippen molar-refractivity contribution in [3.8, 4) is 0 Å². The first-order chi connectivity index (χ1) is 14.7. The fourth-order valence-electron chi connectivity index (χ4n) is 5.55. The third-order valence-electron chi connectivity index (χ3n) is 7.58. The Labute approximate surface area is 180 Å². The molecular formula is C22H32F2N2O5. The smallest absolute Gasteiger partial charge is 0.251 e. The molecule has 0 aromatic heterocycles. The SMILES string of the molecule is CC1CC(C(=O)NC23CCC(CC(=O)COC4CCC(F)C(F)C4)(CC2)C(=O)C3)ON1. The van der Waals surface area contributed by atoms with Gasteiger partial charge in [-0.05, 0) is 45.4 Å². The molecule has 1 aliphatic heterocycles. The lowest BCUT2D eigenvalue weighted by molar-refractivity contribution is -0.150. The van der Waals surface area contributed by atoms with Gasteiger partial charge in [0.15, 0.2) is 11.9 Å². The Morgan fingerprint density at radius 3 is 2.52 bits per heavy atom. The molecule has 5 unspecified atom stereocenters. The van der Waals surface area contributed by atoms with Crippen LogP contribution in [0.25, 0.3) is 0 Å². The van der Waals surface area contributed by atoms with Crippen LogP contribution in [0.2, 0.25) is 0 Å². The number of alkyl halides is 2. The molecule has 1 saturated heterocycles. The van der Waals surface area contributed by atoms with Crippen molar-refractivity contribution >= 4 is 17.5 Å². The molecule has 0 radical (unpaired) electrons. The van der Waals surface area contributed by atoms with E-state index in [2.05, 4.69) is 10.8 Å². The largest absolute Gasteiger partial charge is 0.370 e. The van der Waals surface area contributed by atoms with Crippen LogP contribution < -0.4 is 10.8 Å². The van der Waals surface area contributed by atoms with Crippen LogP contribution in [0, 0.1) is 5.41 Å². The van der Waals surface area contributed by atoms with Gasteiger partial charge in [0, 0.05) is 42.7 Å². The zero-order chi connectivity index (χ0) is 22.2. The Balaban J connectivity index is 1.27. The van der Waals surface area contributed by atoms with Gasteiger partial charge in [-0.2, -0.15) is 5.48 Å². The van der Waals surface area contributed by atoms with E-state index < -0.39 is 35.5 Å². The van der Waals surface area contributed by atoms with Gasteiger partial charge in [0.25, 0.3) is 5.91 Å². The minimum atomic E-state index is -1.54. The van der Waals surface area contributed by atoms with E-state index in [4.69, 9.17) is 9.57 Å². The van der Waals surface area contributed by atoms with Gasteiger partial charge < -0.3 is 10.1 Å². The van der Waals surface area contributed by atoms with Crippen LogP contribution in [0.1, 0.15) is 71.1 Å². The molecule has 31 heavy (non-hydrogen) atoms. The molecule has 5 atom stereocenters. The third-order valence-corrected chi connectivity index (χ3v) is 7.58. The highest BCUT2D eigenvalue weighted by atomic mass is 19.2. The van der Waals surface area contributed by atoms with Crippen molar-refractivity contribution in [2.45, 2.75) is 107 Å². The van der Waals surface area contributed by atoms with Crippen LogP contribution in [0.5, 0.6) is 0 Å². The molecule has 0 aromatic carbocycles. The van der Waals surface area contributed by atoms with E-state index in [1.54, 1.807) is 0 Å². The molecule has 2 N–H and O–H groups in total. The molecule has 5 aliphatic rings. The van der Waals surface area contributed by atoms with E-state index in [0.29, 0.717) is 38.5 Å². The van der Waals surface area contributed by atoms with Crippen molar-refractivity contribution < 1.29 is 32.7 Å². The summed E-state index contributed by atoms with van der Waals surface area (Å²) in [6, 6.07) is 0.108. The molecule has 7 nitrogen and oxygen atoms in total. The van der Waals surface area contributed by atoms with Gasteiger partial charge in [0.2, 0.25) is 0 Å². The van der Waals surface area contributed by atoms with E-state index in [-0.39, 0.29) is 55.8 Å². The van der Waals surface area contributed by atoms with E-state index in [1.165, 1.54) is 0 Å². The number of Topliss-reactive ketones (excluding diaryl/α,β-unsaturated/α-hetero) is 2. The molecule has 1 amide bonds. The number of nitrogens with one attached hydrogen (secondary N) is 2. The second-order valence-corrected chi connectivity index (χ2v) is 10.0. The van der Waals surface area contributed by atoms with Crippen molar-refractivity contribution in [1.82, 2.24) is 10.8 Å². The fraction of sp³-hybridized carbons (Fsp3) is 0.864. The maximum Gasteiger partial charge on any atom is 0.251 e. The van der Waals surface area contributed by atoms with Crippen molar-refractivity contribution in [3.63, 3.8) is 0 Å². The fourth-order valence-corrected chi connectivity index (χ4v) is 5.55.